The number of amides is 2. The summed E-state index contributed by atoms with van der Waals surface area (Å²) in [6, 6.07) is 34.1. The first-order chi connectivity index (χ1) is 18.4. The minimum Gasteiger partial charge on any atom is -0.378 e. The van der Waals surface area contributed by atoms with Crippen LogP contribution in [0.25, 0.3) is 43.8 Å². The van der Waals surface area contributed by atoms with Crippen molar-refractivity contribution in [3.05, 3.63) is 103 Å². The molecule has 1 heterocycles. The topological polar surface area (TPSA) is 53.3 Å². The molecule has 0 N–H and O–H groups in total. The number of hydrogen-bond donors (Lipinski definition) is 0. The Kier molecular flexibility index (Phi) is 5.72. The van der Waals surface area contributed by atoms with Crippen molar-refractivity contribution in [2.45, 2.75) is 0 Å². The molecule has 1 aliphatic heterocycles. The molecule has 0 aromatic heterocycles. The molecule has 0 saturated heterocycles. The van der Waals surface area contributed by atoms with Crippen molar-refractivity contribution >= 4 is 39.1 Å². The zero-order valence-corrected chi connectivity index (χ0v) is 21.9. The summed E-state index contributed by atoms with van der Waals surface area (Å²) in [7, 11) is 7.39. The Morgan fingerprint density at radius 1 is 0.579 bits per heavy atom. The van der Waals surface area contributed by atoms with Crippen LogP contribution in [0.5, 0.6) is 0 Å². The van der Waals surface area contributed by atoms with Crippen LogP contribution in [-0.4, -0.2) is 50.1 Å². The molecule has 5 aromatic rings. The number of amidine groups is 1. The van der Waals surface area contributed by atoms with Crippen LogP contribution in [0.15, 0.2) is 102 Å². The number of carbonyl (C=O) groups excluding carboxylic acids is 1. The van der Waals surface area contributed by atoms with Gasteiger partial charge >= 0.3 is 6.03 Å². The zero-order chi connectivity index (χ0) is 26.4. The lowest BCUT2D eigenvalue weighted by atomic mass is 9.86. The first-order valence-electron chi connectivity index (χ1n) is 12.6. The van der Waals surface area contributed by atoms with E-state index < -0.39 is 0 Å². The highest BCUT2D eigenvalue weighted by Crippen LogP contribution is 2.43. The van der Waals surface area contributed by atoms with Gasteiger partial charge in [-0.3, -0.25) is 0 Å². The SMILES string of the molecule is CN1[N]C(c2ccc(-c3c4ccccc4c(-c4ccc(N(C)C)cc4)c4ccccc34)cc2)=NN(C)C1=O. The van der Waals surface area contributed by atoms with Crippen molar-refractivity contribution in [3.63, 3.8) is 0 Å². The van der Waals surface area contributed by atoms with Crippen molar-refractivity contribution in [2.24, 2.45) is 5.10 Å². The Labute approximate surface area is 222 Å². The van der Waals surface area contributed by atoms with Gasteiger partial charge in [0.05, 0.1) is 0 Å². The summed E-state index contributed by atoms with van der Waals surface area (Å²) >= 11 is 0. The Hall–Kier alpha value is -4.84. The summed E-state index contributed by atoms with van der Waals surface area (Å²) in [5, 5.41) is 11.8. The molecule has 6 nitrogen and oxygen atoms in total. The van der Waals surface area contributed by atoms with E-state index in [1.54, 1.807) is 14.1 Å². The molecule has 0 spiro atoms. The van der Waals surface area contributed by atoms with Crippen molar-refractivity contribution in [1.82, 2.24) is 15.4 Å². The molecular weight excluding hydrogens is 470 g/mol. The van der Waals surface area contributed by atoms with Gasteiger partial charge in [-0.1, -0.05) is 84.9 Å². The van der Waals surface area contributed by atoms with Crippen LogP contribution in [0.3, 0.4) is 0 Å². The van der Waals surface area contributed by atoms with E-state index in [-0.39, 0.29) is 6.03 Å². The number of anilines is 1. The van der Waals surface area contributed by atoms with Crippen LogP contribution in [0.2, 0.25) is 0 Å². The minimum atomic E-state index is -0.264. The summed E-state index contributed by atoms with van der Waals surface area (Å²) in [5.41, 5.74) is 11.1. The van der Waals surface area contributed by atoms with E-state index in [1.807, 2.05) is 12.1 Å². The van der Waals surface area contributed by atoms with E-state index in [0.29, 0.717) is 5.84 Å². The summed E-state index contributed by atoms with van der Waals surface area (Å²) in [6.45, 7) is 0. The van der Waals surface area contributed by atoms with Gasteiger partial charge in [-0.25, -0.2) is 14.8 Å². The van der Waals surface area contributed by atoms with Crippen LogP contribution in [0, 0.1) is 0 Å². The van der Waals surface area contributed by atoms with Gasteiger partial charge in [0.15, 0.2) is 5.84 Å². The quantitative estimate of drug-likeness (QED) is 0.263. The lowest BCUT2D eigenvalue weighted by Crippen LogP contribution is -2.48. The number of benzene rings is 5. The highest BCUT2D eigenvalue weighted by Gasteiger charge is 2.24. The summed E-state index contributed by atoms with van der Waals surface area (Å²) < 4.78 is 0. The van der Waals surface area contributed by atoms with Crippen molar-refractivity contribution in [1.29, 1.82) is 0 Å². The molecule has 187 valence electrons. The predicted molar refractivity (Wildman–Crippen MR) is 156 cm³/mol. The van der Waals surface area contributed by atoms with E-state index in [1.165, 1.54) is 53.9 Å². The largest absolute Gasteiger partial charge is 0.378 e. The summed E-state index contributed by atoms with van der Waals surface area (Å²) in [6.07, 6.45) is 0. The minimum absolute atomic E-state index is 0.264. The Morgan fingerprint density at radius 3 is 1.42 bits per heavy atom. The van der Waals surface area contributed by atoms with E-state index in [4.69, 9.17) is 0 Å². The van der Waals surface area contributed by atoms with Gasteiger partial charge in [-0.15, -0.1) is 10.5 Å². The second kappa shape index (κ2) is 9.23. The maximum atomic E-state index is 12.0. The maximum Gasteiger partial charge on any atom is 0.360 e. The van der Waals surface area contributed by atoms with Crippen LogP contribution in [-0.2, 0) is 0 Å². The molecule has 0 aliphatic carbocycles. The highest BCUT2D eigenvalue weighted by atomic mass is 16.2. The standard InChI is InChI=1S/C32H28N5O/c1-35(2)24-19-17-22(18-20-24)30-27-11-7-5-9-25(27)29(26-10-6-8-12-28(26)30)21-13-15-23(16-14-21)31-33-36(3)32(38)37(4)34-31/h5-20H,1-4H3. The number of hydrogen-bond acceptors (Lipinski definition) is 3. The third-order valence-electron chi connectivity index (χ3n) is 7.08. The summed E-state index contributed by atoms with van der Waals surface area (Å²) in [5.74, 6) is 0.507. The van der Waals surface area contributed by atoms with Crippen LogP contribution >= 0.6 is 0 Å². The Morgan fingerprint density at radius 2 is 1.00 bits per heavy atom. The van der Waals surface area contributed by atoms with Crippen LogP contribution in [0.1, 0.15) is 5.56 Å². The molecule has 1 aliphatic rings. The molecule has 0 atom stereocenters. The highest BCUT2D eigenvalue weighted by molar-refractivity contribution is 6.21. The Balaban J connectivity index is 1.53. The Bertz CT molecular complexity index is 1650. The number of nitrogens with zero attached hydrogens (tertiary/aromatic N) is 5. The van der Waals surface area contributed by atoms with E-state index >= 15 is 0 Å². The molecule has 0 fully saturated rings. The number of rotatable bonds is 4. The monoisotopic (exact) mass is 498 g/mol. The first kappa shape index (κ1) is 23.6. The fourth-order valence-corrected chi connectivity index (χ4v) is 5.18. The van der Waals surface area contributed by atoms with Gasteiger partial charge in [0, 0.05) is 39.4 Å². The lowest BCUT2D eigenvalue weighted by molar-refractivity contribution is 0.155. The molecule has 1 radical (unpaired) electrons. The normalized spacial score (nSPS) is 13.6. The average Bonchev–Trinajstić information content (AvgIpc) is 2.94. The second-order valence-electron chi connectivity index (χ2n) is 9.71. The molecule has 5 aromatic carbocycles. The number of fused-ring (bicyclic) bond motifs is 2. The molecule has 2 amide bonds. The van der Waals surface area contributed by atoms with Gasteiger partial charge in [-0.05, 0) is 55.9 Å². The number of urea groups is 1. The van der Waals surface area contributed by atoms with Gasteiger partial charge in [0.2, 0.25) is 0 Å². The van der Waals surface area contributed by atoms with E-state index in [2.05, 4.69) is 114 Å². The van der Waals surface area contributed by atoms with Gasteiger partial charge in [-0.2, -0.15) is 0 Å². The lowest BCUT2D eigenvalue weighted by Gasteiger charge is -2.26. The van der Waals surface area contributed by atoms with Crippen molar-refractivity contribution in [2.75, 3.05) is 33.1 Å². The summed E-state index contributed by atoms with van der Waals surface area (Å²) in [4.78, 5) is 14.1. The van der Waals surface area contributed by atoms with Crippen molar-refractivity contribution in [3.8, 4) is 22.3 Å². The van der Waals surface area contributed by atoms with Gasteiger partial charge in [0.25, 0.3) is 0 Å². The van der Waals surface area contributed by atoms with Crippen LogP contribution < -0.4 is 10.3 Å². The zero-order valence-electron chi connectivity index (χ0n) is 21.9. The average molecular weight is 499 g/mol. The fraction of sp³-hybridized carbons (Fsp3) is 0.125. The predicted octanol–water partition coefficient (Wildman–Crippen LogP) is 6.57. The molecule has 38 heavy (non-hydrogen) atoms. The van der Waals surface area contributed by atoms with Crippen LogP contribution in [0.4, 0.5) is 10.5 Å². The second-order valence-corrected chi connectivity index (χ2v) is 9.71. The fourth-order valence-electron chi connectivity index (χ4n) is 5.18. The molecule has 6 rings (SSSR count). The molecule has 0 saturated carbocycles. The molecule has 6 heteroatoms. The first-order valence-corrected chi connectivity index (χ1v) is 12.6. The van der Waals surface area contributed by atoms with E-state index in [9.17, 15) is 4.79 Å². The molecule has 0 unspecified atom stereocenters. The van der Waals surface area contributed by atoms with Crippen molar-refractivity contribution < 1.29 is 4.79 Å². The molecular formula is C32H28N5O. The van der Waals surface area contributed by atoms with Gasteiger partial charge in [0.1, 0.15) is 0 Å². The number of hydrazone groups is 1. The molecule has 0 bridgehead atoms. The van der Waals surface area contributed by atoms with Gasteiger partial charge < -0.3 is 4.90 Å². The number of carbonyl (C=O) groups is 1. The third kappa shape index (κ3) is 3.91. The van der Waals surface area contributed by atoms with E-state index in [0.717, 1.165) is 11.1 Å². The maximum absolute atomic E-state index is 12.0. The smallest absolute Gasteiger partial charge is 0.360 e. The third-order valence-corrected chi connectivity index (χ3v) is 7.08.